The van der Waals surface area contributed by atoms with Crippen LogP contribution in [0.25, 0.3) is 11.4 Å². The van der Waals surface area contributed by atoms with E-state index in [1.54, 1.807) is 38.2 Å². The summed E-state index contributed by atoms with van der Waals surface area (Å²) in [5, 5.41) is 4.08. The number of carbonyl (C=O) groups excluding carboxylic acids is 1. The molecule has 3 heterocycles. The first-order chi connectivity index (χ1) is 15.5. The zero-order chi connectivity index (χ0) is 22.7. The third kappa shape index (κ3) is 4.62. The molecule has 1 unspecified atom stereocenters. The van der Waals surface area contributed by atoms with Gasteiger partial charge in [-0.3, -0.25) is 4.90 Å². The molecule has 1 aliphatic rings. The molecule has 0 saturated carbocycles. The highest BCUT2D eigenvalue weighted by atomic mass is 19.1. The summed E-state index contributed by atoms with van der Waals surface area (Å²) in [4.78, 5) is 25.2. The van der Waals surface area contributed by atoms with Crippen LogP contribution in [0.15, 0.2) is 41.1 Å². The van der Waals surface area contributed by atoms with Gasteiger partial charge in [-0.15, -0.1) is 0 Å². The zero-order valence-corrected chi connectivity index (χ0v) is 18.4. The summed E-state index contributed by atoms with van der Waals surface area (Å²) in [5.41, 5.74) is 1.72. The second-order valence-corrected chi connectivity index (χ2v) is 7.74. The molecule has 32 heavy (non-hydrogen) atoms. The van der Waals surface area contributed by atoms with Crippen LogP contribution in [0.2, 0.25) is 0 Å². The van der Waals surface area contributed by atoms with Crippen LogP contribution in [0.1, 0.15) is 41.7 Å². The summed E-state index contributed by atoms with van der Waals surface area (Å²) >= 11 is 0. The first-order valence-corrected chi connectivity index (χ1v) is 10.7. The molecule has 0 aliphatic carbocycles. The van der Waals surface area contributed by atoms with Crippen molar-refractivity contribution in [1.82, 2.24) is 20.0 Å². The summed E-state index contributed by atoms with van der Waals surface area (Å²) in [5.74, 6) is 1.21. The Morgan fingerprint density at radius 2 is 2.00 bits per heavy atom. The van der Waals surface area contributed by atoms with Gasteiger partial charge in [0, 0.05) is 37.9 Å². The molecule has 1 aliphatic heterocycles. The van der Waals surface area contributed by atoms with Gasteiger partial charge in [-0.2, -0.15) is 4.98 Å². The molecule has 0 amide bonds. The van der Waals surface area contributed by atoms with Gasteiger partial charge < -0.3 is 14.2 Å². The molecule has 168 valence electrons. The molecule has 8 nitrogen and oxygen atoms in total. The molecular weight excluding hydrogens is 413 g/mol. The van der Waals surface area contributed by atoms with Crippen LogP contribution in [-0.4, -0.2) is 58.8 Å². The fourth-order valence-corrected chi connectivity index (χ4v) is 3.71. The van der Waals surface area contributed by atoms with Crippen LogP contribution < -0.4 is 4.90 Å². The molecule has 0 spiro atoms. The quantitative estimate of drug-likeness (QED) is 0.538. The van der Waals surface area contributed by atoms with E-state index in [0.717, 1.165) is 37.6 Å². The second kappa shape index (κ2) is 9.44. The van der Waals surface area contributed by atoms with Crippen molar-refractivity contribution in [2.75, 3.05) is 37.7 Å². The average molecular weight is 439 g/mol. The Labute approximate surface area is 186 Å². The monoisotopic (exact) mass is 439 g/mol. The fourth-order valence-electron chi connectivity index (χ4n) is 3.71. The number of benzene rings is 1. The number of halogens is 1. The van der Waals surface area contributed by atoms with Gasteiger partial charge in [0.25, 0.3) is 0 Å². The zero-order valence-electron chi connectivity index (χ0n) is 18.4. The predicted octanol–water partition coefficient (Wildman–Crippen LogP) is 3.64. The van der Waals surface area contributed by atoms with Gasteiger partial charge in [-0.05, 0) is 56.7 Å². The number of nitrogens with zero attached hydrogens (tertiary/aromatic N) is 5. The van der Waals surface area contributed by atoms with Crippen molar-refractivity contribution in [2.45, 2.75) is 26.8 Å². The van der Waals surface area contributed by atoms with Gasteiger partial charge in [0.2, 0.25) is 11.7 Å². The highest BCUT2D eigenvalue weighted by Gasteiger charge is 2.26. The van der Waals surface area contributed by atoms with Crippen LogP contribution in [-0.2, 0) is 4.74 Å². The van der Waals surface area contributed by atoms with Gasteiger partial charge in [-0.25, -0.2) is 14.2 Å². The summed E-state index contributed by atoms with van der Waals surface area (Å²) in [6.07, 6.45) is 1.56. The number of piperazine rings is 1. The Hall–Kier alpha value is -3.33. The average Bonchev–Trinajstić information content (AvgIpc) is 3.31. The van der Waals surface area contributed by atoms with Gasteiger partial charge in [0.15, 0.2) is 0 Å². The number of anilines is 1. The van der Waals surface area contributed by atoms with E-state index < -0.39 is 0 Å². The standard InChI is InChI=1S/C23H26FN5O3/c1-4-31-23(30)18-6-8-20(25-14-18)29-11-9-28(10-12-29)16(3)22-26-21(27-32-22)17-5-7-19(24)15(2)13-17/h5-8,13-14,16H,4,9-12H2,1-3H3. The minimum Gasteiger partial charge on any atom is -0.462 e. The molecule has 0 N–H and O–H groups in total. The second-order valence-electron chi connectivity index (χ2n) is 7.74. The first kappa shape index (κ1) is 21.9. The Bertz CT molecular complexity index is 1080. The molecule has 3 aromatic rings. The van der Waals surface area contributed by atoms with Crippen LogP contribution in [0.3, 0.4) is 0 Å². The van der Waals surface area contributed by atoms with Crippen molar-refractivity contribution in [2.24, 2.45) is 0 Å². The highest BCUT2D eigenvalue weighted by Crippen LogP contribution is 2.25. The topological polar surface area (TPSA) is 84.6 Å². The van der Waals surface area contributed by atoms with E-state index in [2.05, 4.69) is 24.9 Å². The normalized spacial score (nSPS) is 15.6. The lowest BCUT2D eigenvalue weighted by molar-refractivity contribution is 0.0526. The van der Waals surface area contributed by atoms with Crippen molar-refractivity contribution < 1.29 is 18.4 Å². The summed E-state index contributed by atoms with van der Waals surface area (Å²) in [6.45, 7) is 9.04. The van der Waals surface area contributed by atoms with Gasteiger partial charge >= 0.3 is 5.97 Å². The maximum Gasteiger partial charge on any atom is 0.339 e. The van der Waals surface area contributed by atoms with E-state index in [-0.39, 0.29) is 17.8 Å². The molecule has 1 fully saturated rings. The van der Waals surface area contributed by atoms with E-state index >= 15 is 0 Å². The number of hydrogen-bond acceptors (Lipinski definition) is 8. The Morgan fingerprint density at radius 1 is 1.22 bits per heavy atom. The van der Waals surface area contributed by atoms with Crippen molar-refractivity contribution in [3.8, 4) is 11.4 Å². The number of aryl methyl sites for hydroxylation is 1. The number of rotatable bonds is 6. The molecule has 2 aromatic heterocycles. The molecule has 9 heteroatoms. The van der Waals surface area contributed by atoms with Gasteiger partial charge in [0.05, 0.1) is 18.2 Å². The van der Waals surface area contributed by atoms with Crippen LogP contribution in [0, 0.1) is 12.7 Å². The van der Waals surface area contributed by atoms with E-state index in [9.17, 15) is 9.18 Å². The largest absolute Gasteiger partial charge is 0.462 e. The lowest BCUT2D eigenvalue weighted by Crippen LogP contribution is -2.47. The SMILES string of the molecule is CCOC(=O)c1ccc(N2CCN(C(C)c3nc(-c4ccc(F)c(C)c4)no3)CC2)nc1. The third-order valence-corrected chi connectivity index (χ3v) is 5.66. The number of pyridine rings is 1. The Morgan fingerprint density at radius 3 is 2.66 bits per heavy atom. The van der Waals surface area contributed by atoms with Crippen molar-refractivity contribution in [3.05, 3.63) is 59.4 Å². The molecule has 0 bridgehead atoms. The molecule has 1 aromatic carbocycles. The van der Waals surface area contributed by atoms with Crippen LogP contribution in [0.4, 0.5) is 10.2 Å². The molecule has 4 rings (SSSR count). The minimum absolute atomic E-state index is 0.0425. The highest BCUT2D eigenvalue weighted by molar-refractivity contribution is 5.89. The Kier molecular flexibility index (Phi) is 6.45. The predicted molar refractivity (Wildman–Crippen MR) is 117 cm³/mol. The van der Waals surface area contributed by atoms with Crippen molar-refractivity contribution >= 4 is 11.8 Å². The van der Waals surface area contributed by atoms with Gasteiger partial charge in [-0.1, -0.05) is 5.16 Å². The first-order valence-electron chi connectivity index (χ1n) is 10.7. The van der Waals surface area contributed by atoms with Crippen LogP contribution in [0.5, 0.6) is 0 Å². The van der Waals surface area contributed by atoms with Gasteiger partial charge in [0.1, 0.15) is 11.6 Å². The van der Waals surface area contributed by atoms with E-state index in [1.165, 1.54) is 6.07 Å². The fraction of sp³-hybridized carbons (Fsp3) is 0.391. The molecular formula is C23H26FN5O3. The maximum atomic E-state index is 13.5. The maximum absolute atomic E-state index is 13.5. The lowest BCUT2D eigenvalue weighted by atomic mass is 10.1. The molecule has 1 saturated heterocycles. The molecule has 1 atom stereocenters. The summed E-state index contributed by atoms with van der Waals surface area (Å²) in [7, 11) is 0. The summed E-state index contributed by atoms with van der Waals surface area (Å²) in [6, 6.07) is 8.33. The number of aromatic nitrogens is 3. The smallest absolute Gasteiger partial charge is 0.339 e. The number of ether oxygens (including phenoxy) is 1. The van der Waals surface area contributed by atoms with E-state index in [4.69, 9.17) is 9.26 Å². The van der Waals surface area contributed by atoms with Crippen molar-refractivity contribution in [1.29, 1.82) is 0 Å². The summed E-state index contributed by atoms with van der Waals surface area (Å²) < 4.78 is 24.0. The lowest BCUT2D eigenvalue weighted by Gasteiger charge is -2.37. The van der Waals surface area contributed by atoms with E-state index in [1.807, 2.05) is 13.0 Å². The number of esters is 1. The number of carbonyl (C=O) groups is 1. The van der Waals surface area contributed by atoms with Crippen LogP contribution >= 0.6 is 0 Å². The van der Waals surface area contributed by atoms with E-state index in [0.29, 0.717) is 29.4 Å². The Balaban J connectivity index is 1.36. The third-order valence-electron chi connectivity index (χ3n) is 5.66. The molecule has 0 radical (unpaired) electrons. The minimum atomic E-state index is -0.361. The number of hydrogen-bond donors (Lipinski definition) is 0. The van der Waals surface area contributed by atoms with Crippen molar-refractivity contribution in [3.63, 3.8) is 0 Å².